The van der Waals surface area contributed by atoms with E-state index in [9.17, 15) is 0 Å². The van der Waals surface area contributed by atoms with E-state index in [0.29, 0.717) is 24.2 Å². The standard InChI is InChI=1S/C25H33NO3/c1-19(2)24-16-25(11-13-27-24,15-20-6-4-3-5-7-20)10-12-26-17-21-8-9-22-23(14-21)29-18-28-22/h3-9,14,19,24,26H,10-13,15-18H2,1-2H3/t24-,25-/m0/s1. The average Bonchev–Trinajstić information content (AvgIpc) is 3.20. The summed E-state index contributed by atoms with van der Waals surface area (Å²) in [4.78, 5) is 0. The summed E-state index contributed by atoms with van der Waals surface area (Å²) in [7, 11) is 0. The van der Waals surface area contributed by atoms with Crippen molar-refractivity contribution in [3.63, 3.8) is 0 Å². The number of hydrogen-bond acceptors (Lipinski definition) is 4. The molecule has 2 aromatic carbocycles. The van der Waals surface area contributed by atoms with Gasteiger partial charge in [0.1, 0.15) is 0 Å². The van der Waals surface area contributed by atoms with Gasteiger partial charge in [0.15, 0.2) is 11.5 Å². The zero-order valence-electron chi connectivity index (χ0n) is 17.7. The van der Waals surface area contributed by atoms with Crippen LogP contribution < -0.4 is 14.8 Å². The van der Waals surface area contributed by atoms with E-state index < -0.39 is 0 Å². The Morgan fingerprint density at radius 1 is 1.03 bits per heavy atom. The third kappa shape index (κ3) is 5.12. The van der Waals surface area contributed by atoms with Crippen LogP contribution in [0.4, 0.5) is 0 Å². The van der Waals surface area contributed by atoms with Gasteiger partial charge < -0.3 is 19.5 Å². The molecule has 2 aromatic rings. The van der Waals surface area contributed by atoms with Gasteiger partial charge in [-0.25, -0.2) is 0 Å². The number of fused-ring (bicyclic) bond motifs is 1. The lowest BCUT2D eigenvalue weighted by molar-refractivity contribution is -0.0720. The van der Waals surface area contributed by atoms with Crippen molar-refractivity contribution in [2.24, 2.45) is 11.3 Å². The monoisotopic (exact) mass is 395 g/mol. The van der Waals surface area contributed by atoms with Crippen molar-refractivity contribution in [3.05, 3.63) is 59.7 Å². The van der Waals surface area contributed by atoms with Crippen LogP contribution in [0.25, 0.3) is 0 Å². The van der Waals surface area contributed by atoms with Crippen LogP contribution in [-0.2, 0) is 17.7 Å². The molecule has 0 spiro atoms. The Morgan fingerprint density at radius 2 is 1.86 bits per heavy atom. The summed E-state index contributed by atoms with van der Waals surface area (Å²) >= 11 is 0. The lowest BCUT2D eigenvalue weighted by Crippen LogP contribution is -2.41. The van der Waals surface area contributed by atoms with E-state index >= 15 is 0 Å². The van der Waals surface area contributed by atoms with E-state index in [4.69, 9.17) is 14.2 Å². The maximum absolute atomic E-state index is 6.10. The molecule has 156 valence electrons. The van der Waals surface area contributed by atoms with E-state index in [1.54, 1.807) is 0 Å². The van der Waals surface area contributed by atoms with Crippen LogP contribution in [0, 0.1) is 11.3 Å². The number of benzene rings is 2. The number of nitrogens with one attached hydrogen (secondary N) is 1. The van der Waals surface area contributed by atoms with Crippen LogP contribution >= 0.6 is 0 Å². The average molecular weight is 396 g/mol. The molecule has 0 aliphatic carbocycles. The Kier molecular flexibility index (Phi) is 6.41. The zero-order valence-corrected chi connectivity index (χ0v) is 17.7. The van der Waals surface area contributed by atoms with Crippen molar-refractivity contribution in [1.82, 2.24) is 5.32 Å². The highest BCUT2D eigenvalue weighted by Gasteiger charge is 2.37. The van der Waals surface area contributed by atoms with E-state index in [2.05, 4.69) is 61.6 Å². The second kappa shape index (κ2) is 9.19. The molecule has 1 saturated heterocycles. The van der Waals surface area contributed by atoms with Gasteiger partial charge in [-0.1, -0.05) is 50.2 Å². The third-order valence-electron chi connectivity index (χ3n) is 6.36. The van der Waals surface area contributed by atoms with E-state index in [0.717, 1.165) is 50.5 Å². The van der Waals surface area contributed by atoms with Gasteiger partial charge in [-0.2, -0.15) is 0 Å². The molecule has 2 atom stereocenters. The van der Waals surface area contributed by atoms with Crippen molar-refractivity contribution in [1.29, 1.82) is 0 Å². The molecule has 0 bridgehead atoms. The van der Waals surface area contributed by atoms with Crippen LogP contribution in [0.2, 0.25) is 0 Å². The molecule has 4 heteroatoms. The minimum absolute atomic E-state index is 0.302. The van der Waals surface area contributed by atoms with Crippen LogP contribution in [-0.4, -0.2) is 26.0 Å². The first kappa shape index (κ1) is 20.2. The number of ether oxygens (including phenoxy) is 3. The predicted molar refractivity (Wildman–Crippen MR) is 115 cm³/mol. The molecule has 0 amide bonds. The second-order valence-corrected chi connectivity index (χ2v) is 8.88. The Hall–Kier alpha value is -2.04. The first-order valence-electron chi connectivity index (χ1n) is 10.9. The molecular formula is C25H33NO3. The summed E-state index contributed by atoms with van der Waals surface area (Å²) < 4.78 is 17.0. The van der Waals surface area contributed by atoms with Crippen molar-refractivity contribution >= 4 is 0 Å². The molecule has 1 N–H and O–H groups in total. The van der Waals surface area contributed by atoms with Gasteiger partial charge in [0, 0.05) is 13.2 Å². The summed E-state index contributed by atoms with van der Waals surface area (Å²) in [6.45, 7) is 7.61. The van der Waals surface area contributed by atoms with Gasteiger partial charge in [0.25, 0.3) is 0 Å². The Morgan fingerprint density at radius 3 is 2.69 bits per heavy atom. The summed E-state index contributed by atoms with van der Waals surface area (Å²) in [6, 6.07) is 17.1. The highest BCUT2D eigenvalue weighted by Crippen LogP contribution is 2.41. The Balaban J connectivity index is 1.37. The van der Waals surface area contributed by atoms with E-state index in [-0.39, 0.29) is 0 Å². The zero-order chi connectivity index (χ0) is 20.1. The lowest BCUT2D eigenvalue weighted by Gasteiger charge is -2.43. The maximum Gasteiger partial charge on any atom is 0.231 e. The van der Waals surface area contributed by atoms with Crippen molar-refractivity contribution < 1.29 is 14.2 Å². The summed E-state index contributed by atoms with van der Waals surface area (Å²) in [5.41, 5.74) is 2.97. The number of rotatable bonds is 8. The van der Waals surface area contributed by atoms with Gasteiger partial charge in [-0.15, -0.1) is 0 Å². The quantitative estimate of drug-likeness (QED) is 0.642. The fourth-order valence-electron chi connectivity index (χ4n) is 4.58. The smallest absolute Gasteiger partial charge is 0.231 e. The minimum Gasteiger partial charge on any atom is -0.454 e. The molecule has 4 nitrogen and oxygen atoms in total. The van der Waals surface area contributed by atoms with Crippen molar-refractivity contribution in [2.45, 2.75) is 52.2 Å². The molecular weight excluding hydrogens is 362 g/mol. The molecule has 29 heavy (non-hydrogen) atoms. The van der Waals surface area contributed by atoms with Crippen molar-refractivity contribution in [3.8, 4) is 11.5 Å². The fourth-order valence-corrected chi connectivity index (χ4v) is 4.58. The SMILES string of the molecule is CC(C)[C@@H]1C[C@](CCNCc2ccc3c(c2)OCO3)(Cc2ccccc2)CCO1. The third-order valence-corrected chi connectivity index (χ3v) is 6.36. The molecule has 1 fully saturated rings. The fraction of sp³-hybridized carbons (Fsp3) is 0.520. The summed E-state index contributed by atoms with van der Waals surface area (Å²) in [5.74, 6) is 2.26. The molecule has 4 rings (SSSR count). The van der Waals surface area contributed by atoms with Gasteiger partial charge in [0.05, 0.1) is 6.10 Å². The van der Waals surface area contributed by atoms with Crippen LogP contribution in [0.15, 0.2) is 48.5 Å². The highest BCUT2D eigenvalue weighted by atomic mass is 16.7. The first-order chi connectivity index (χ1) is 14.1. The first-order valence-corrected chi connectivity index (χ1v) is 10.9. The molecule has 0 saturated carbocycles. The largest absolute Gasteiger partial charge is 0.454 e. The van der Waals surface area contributed by atoms with E-state index in [1.807, 2.05) is 6.07 Å². The van der Waals surface area contributed by atoms with Gasteiger partial charge >= 0.3 is 0 Å². The van der Waals surface area contributed by atoms with Crippen LogP contribution in [0.5, 0.6) is 11.5 Å². The minimum atomic E-state index is 0.302. The molecule has 2 aliphatic rings. The lowest BCUT2D eigenvalue weighted by atomic mass is 9.69. The molecule has 2 heterocycles. The molecule has 0 radical (unpaired) electrons. The van der Waals surface area contributed by atoms with Gasteiger partial charge in [-0.05, 0) is 66.8 Å². The Bertz CT molecular complexity index is 792. The van der Waals surface area contributed by atoms with Gasteiger partial charge in [-0.3, -0.25) is 0 Å². The Labute approximate surface area is 174 Å². The molecule has 0 unspecified atom stereocenters. The maximum atomic E-state index is 6.10. The molecule has 0 aromatic heterocycles. The van der Waals surface area contributed by atoms with Crippen LogP contribution in [0.1, 0.15) is 44.2 Å². The van der Waals surface area contributed by atoms with Crippen molar-refractivity contribution in [2.75, 3.05) is 19.9 Å². The predicted octanol–water partition coefficient (Wildman–Crippen LogP) is 4.96. The van der Waals surface area contributed by atoms with Crippen LogP contribution in [0.3, 0.4) is 0 Å². The normalized spacial score (nSPS) is 23.5. The summed E-state index contributed by atoms with van der Waals surface area (Å²) in [6.07, 6.45) is 4.94. The number of hydrogen-bond donors (Lipinski definition) is 1. The van der Waals surface area contributed by atoms with Gasteiger partial charge in [0.2, 0.25) is 6.79 Å². The highest BCUT2D eigenvalue weighted by molar-refractivity contribution is 5.44. The van der Waals surface area contributed by atoms with E-state index in [1.165, 1.54) is 17.5 Å². The summed E-state index contributed by atoms with van der Waals surface area (Å²) in [5, 5.41) is 3.66. The second-order valence-electron chi connectivity index (χ2n) is 8.88. The topological polar surface area (TPSA) is 39.7 Å². The molecule has 2 aliphatic heterocycles.